The third-order valence-corrected chi connectivity index (χ3v) is 5.59. The fraction of sp³-hybridized carbons (Fsp3) is 0.292. The van der Waals surface area contributed by atoms with Crippen molar-refractivity contribution in [1.29, 1.82) is 0 Å². The molecule has 160 valence electrons. The average molecular weight is 425 g/mol. The van der Waals surface area contributed by atoms with Crippen LogP contribution in [0.25, 0.3) is 16.5 Å². The number of amides is 1. The summed E-state index contributed by atoms with van der Waals surface area (Å²) in [5.41, 5.74) is 3.76. The van der Waals surface area contributed by atoms with Crippen molar-refractivity contribution < 1.29 is 18.0 Å². The lowest BCUT2D eigenvalue weighted by molar-refractivity contribution is -0.175. The van der Waals surface area contributed by atoms with Gasteiger partial charge in [-0.05, 0) is 43.0 Å². The lowest BCUT2D eigenvalue weighted by Gasteiger charge is -2.24. The second kappa shape index (κ2) is 8.88. The topological polar surface area (TPSA) is 54.9 Å². The van der Waals surface area contributed by atoms with Gasteiger partial charge in [0.1, 0.15) is 0 Å². The molecular formula is C24H22F3N3O. The zero-order valence-corrected chi connectivity index (χ0v) is 16.8. The van der Waals surface area contributed by atoms with Crippen molar-refractivity contribution >= 4 is 22.4 Å². The Labute approximate surface area is 178 Å². The van der Waals surface area contributed by atoms with Crippen molar-refractivity contribution in [2.45, 2.75) is 31.9 Å². The van der Waals surface area contributed by atoms with Gasteiger partial charge >= 0.3 is 6.18 Å². The number of rotatable bonds is 5. The number of alkyl halides is 3. The van der Waals surface area contributed by atoms with Crippen molar-refractivity contribution in [2.75, 3.05) is 6.54 Å². The minimum absolute atomic E-state index is 0.00795. The van der Waals surface area contributed by atoms with Gasteiger partial charge in [0.2, 0.25) is 0 Å². The Morgan fingerprint density at radius 2 is 2.00 bits per heavy atom. The molecule has 4 nitrogen and oxygen atoms in total. The van der Waals surface area contributed by atoms with E-state index < -0.39 is 12.1 Å². The number of hydrogen-bond acceptors (Lipinski definition) is 3. The van der Waals surface area contributed by atoms with E-state index >= 15 is 0 Å². The predicted octanol–water partition coefficient (Wildman–Crippen LogP) is 5.35. The Morgan fingerprint density at radius 1 is 1.13 bits per heavy atom. The molecule has 0 spiro atoms. The summed E-state index contributed by atoms with van der Waals surface area (Å²) in [6.45, 7) is 0.460. The standard InChI is InChI=1S/C24H22F3N3O/c25-24(26,27)19-9-7-16(8-10-19)21-6-3-4-17-14-18(15-30-22(17)21)23(31)29-13-11-20-5-1-2-12-28-20/h1-7,12,14-15,19H,8-11,13H2,(H,29,31)/t19-/m1/s1. The number of halogens is 3. The molecule has 2 aromatic heterocycles. The maximum absolute atomic E-state index is 12.9. The van der Waals surface area contributed by atoms with Crippen molar-refractivity contribution in [2.24, 2.45) is 5.92 Å². The van der Waals surface area contributed by atoms with E-state index in [4.69, 9.17) is 0 Å². The van der Waals surface area contributed by atoms with Crippen LogP contribution in [0, 0.1) is 5.92 Å². The molecule has 1 aromatic carbocycles. The first-order chi connectivity index (χ1) is 14.9. The maximum atomic E-state index is 12.9. The third-order valence-electron chi connectivity index (χ3n) is 5.59. The highest BCUT2D eigenvalue weighted by molar-refractivity contribution is 5.99. The summed E-state index contributed by atoms with van der Waals surface area (Å²) in [4.78, 5) is 21.2. The number of carbonyl (C=O) groups excluding carboxylic acids is 1. The number of pyridine rings is 2. The van der Waals surface area contributed by atoms with E-state index in [-0.39, 0.29) is 18.7 Å². The number of allylic oxidation sites excluding steroid dienone is 2. The Morgan fingerprint density at radius 3 is 2.71 bits per heavy atom. The Bertz CT molecular complexity index is 1110. The normalized spacial score (nSPS) is 16.7. The molecule has 7 heteroatoms. The van der Waals surface area contributed by atoms with Crippen LogP contribution >= 0.6 is 0 Å². The third kappa shape index (κ3) is 4.93. The maximum Gasteiger partial charge on any atom is 0.392 e. The largest absolute Gasteiger partial charge is 0.392 e. The van der Waals surface area contributed by atoms with Crippen LogP contribution in [0.1, 0.15) is 40.9 Å². The summed E-state index contributed by atoms with van der Waals surface area (Å²) in [6, 6.07) is 13.0. The lowest BCUT2D eigenvalue weighted by atomic mass is 9.85. The van der Waals surface area contributed by atoms with Gasteiger partial charge in [0.15, 0.2) is 0 Å². The van der Waals surface area contributed by atoms with Crippen LogP contribution in [0.5, 0.6) is 0 Å². The van der Waals surface area contributed by atoms with Gasteiger partial charge in [-0.15, -0.1) is 0 Å². The smallest absolute Gasteiger partial charge is 0.352 e. The van der Waals surface area contributed by atoms with Gasteiger partial charge in [0.25, 0.3) is 5.91 Å². The number of hydrogen-bond donors (Lipinski definition) is 1. The van der Waals surface area contributed by atoms with Crippen LogP contribution in [-0.4, -0.2) is 28.6 Å². The lowest BCUT2D eigenvalue weighted by Crippen LogP contribution is -2.26. The van der Waals surface area contributed by atoms with E-state index in [0.717, 1.165) is 22.2 Å². The van der Waals surface area contributed by atoms with Crippen LogP contribution < -0.4 is 5.32 Å². The second-order valence-corrected chi connectivity index (χ2v) is 7.67. The molecule has 0 bridgehead atoms. The van der Waals surface area contributed by atoms with Gasteiger partial charge in [-0.3, -0.25) is 14.8 Å². The van der Waals surface area contributed by atoms with Gasteiger partial charge in [0.05, 0.1) is 17.0 Å². The molecule has 1 atom stereocenters. The molecule has 31 heavy (non-hydrogen) atoms. The van der Waals surface area contributed by atoms with E-state index in [1.807, 2.05) is 36.4 Å². The van der Waals surface area contributed by atoms with Crippen molar-refractivity contribution in [3.8, 4) is 0 Å². The first-order valence-electron chi connectivity index (χ1n) is 10.2. The van der Waals surface area contributed by atoms with Gasteiger partial charge in [0, 0.05) is 42.0 Å². The predicted molar refractivity (Wildman–Crippen MR) is 113 cm³/mol. The monoisotopic (exact) mass is 425 g/mol. The van der Waals surface area contributed by atoms with Crippen LogP contribution in [-0.2, 0) is 6.42 Å². The van der Waals surface area contributed by atoms with Crippen molar-refractivity contribution in [1.82, 2.24) is 15.3 Å². The SMILES string of the molecule is O=C(NCCc1ccccn1)c1cnc2c(C3=CC[C@@H](C(F)(F)F)CC3)cccc2c1. The highest BCUT2D eigenvalue weighted by Gasteiger charge is 2.39. The average Bonchev–Trinajstić information content (AvgIpc) is 2.78. The molecule has 1 aliphatic rings. The Balaban J connectivity index is 1.48. The quantitative estimate of drug-likeness (QED) is 0.600. The van der Waals surface area contributed by atoms with Gasteiger partial charge in [-0.1, -0.05) is 30.3 Å². The fourth-order valence-electron chi connectivity index (χ4n) is 3.87. The summed E-state index contributed by atoms with van der Waals surface area (Å²) >= 11 is 0. The number of nitrogens with one attached hydrogen (secondary N) is 1. The van der Waals surface area contributed by atoms with Crippen molar-refractivity contribution in [3.05, 3.63) is 77.8 Å². The molecule has 0 fully saturated rings. The zero-order chi connectivity index (χ0) is 21.8. The summed E-state index contributed by atoms with van der Waals surface area (Å²) in [5, 5.41) is 3.66. The molecule has 1 amide bonds. The molecule has 0 radical (unpaired) electrons. The molecular weight excluding hydrogens is 403 g/mol. The van der Waals surface area contributed by atoms with E-state index in [9.17, 15) is 18.0 Å². The number of para-hydroxylation sites is 1. The molecule has 4 rings (SSSR count). The molecule has 2 heterocycles. The Hall–Kier alpha value is -3.22. The van der Waals surface area contributed by atoms with Crippen LogP contribution in [0.3, 0.4) is 0 Å². The first kappa shape index (κ1) is 21.0. The molecule has 0 unspecified atom stereocenters. The highest BCUT2D eigenvalue weighted by Crippen LogP contribution is 2.40. The van der Waals surface area contributed by atoms with Crippen molar-refractivity contribution in [3.63, 3.8) is 0 Å². The molecule has 1 aliphatic carbocycles. The highest BCUT2D eigenvalue weighted by atomic mass is 19.4. The number of aromatic nitrogens is 2. The van der Waals surface area contributed by atoms with E-state index in [0.29, 0.717) is 30.5 Å². The molecule has 0 saturated heterocycles. The molecule has 1 N–H and O–H groups in total. The number of fused-ring (bicyclic) bond motifs is 1. The summed E-state index contributed by atoms with van der Waals surface area (Å²) in [5.74, 6) is -1.50. The minimum Gasteiger partial charge on any atom is -0.352 e. The molecule has 3 aromatic rings. The van der Waals surface area contributed by atoms with E-state index in [2.05, 4.69) is 15.3 Å². The summed E-state index contributed by atoms with van der Waals surface area (Å²) < 4.78 is 38.8. The van der Waals surface area contributed by atoms with E-state index in [1.165, 1.54) is 6.20 Å². The van der Waals surface area contributed by atoms with Gasteiger partial charge in [-0.2, -0.15) is 13.2 Å². The summed E-state index contributed by atoms with van der Waals surface area (Å²) in [7, 11) is 0. The van der Waals surface area contributed by atoms with Crippen LogP contribution in [0.4, 0.5) is 13.2 Å². The van der Waals surface area contributed by atoms with Gasteiger partial charge < -0.3 is 5.32 Å². The minimum atomic E-state index is -4.15. The molecule has 0 saturated carbocycles. The number of nitrogens with zero attached hydrogens (tertiary/aromatic N) is 2. The number of benzene rings is 1. The van der Waals surface area contributed by atoms with Gasteiger partial charge in [-0.25, -0.2) is 0 Å². The first-order valence-corrected chi connectivity index (χ1v) is 10.2. The number of carbonyl (C=O) groups is 1. The van der Waals surface area contributed by atoms with Crippen LogP contribution in [0.2, 0.25) is 0 Å². The fourth-order valence-corrected chi connectivity index (χ4v) is 3.87. The summed E-state index contributed by atoms with van der Waals surface area (Å²) in [6.07, 6.45) is 1.82. The van der Waals surface area contributed by atoms with E-state index in [1.54, 1.807) is 18.3 Å². The Kier molecular flexibility index (Phi) is 6.02. The molecule has 0 aliphatic heterocycles. The zero-order valence-electron chi connectivity index (χ0n) is 16.8. The van der Waals surface area contributed by atoms with Crippen LogP contribution in [0.15, 0.2) is 60.9 Å². The second-order valence-electron chi connectivity index (χ2n) is 7.67.